The summed E-state index contributed by atoms with van der Waals surface area (Å²) in [6, 6.07) is 7.92. The maximum Gasteiger partial charge on any atom is 0.234 e. The Morgan fingerprint density at radius 3 is 2.62 bits per heavy atom. The smallest absolute Gasteiger partial charge is 0.234 e. The van der Waals surface area contributed by atoms with E-state index in [1.54, 1.807) is 6.08 Å². The zero-order valence-electron chi connectivity index (χ0n) is 9.77. The molecule has 1 aromatic rings. The van der Waals surface area contributed by atoms with Crippen LogP contribution in [0.25, 0.3) is 0 Å². The molecule has 3 nitrogen and oxygen atoms in total. The van der Waals surface area contributed by atoms with Crippen molar-refractivity contribution in [2.24, 2.45) is 4.99 Å². The molecule has 0 saturated heterocycles. The molecule has 0 aliphatic rings. The van der Waals surface area contributed by atoms with Crippen LogP contribution in [0.1, 0.15) is 31.7 Å². The molecule has 86 valence electrons. The number of rotatable bonds is 6. The molecule has 1 aromatic carbocycles. The van der Waals surface area contributed by atoms with Gasteiger partial charge in [0.2, 0.25) is 6.08 Å². The second-order valence-corrected chi connectivity index (χ2v) is 3.75. The van der Waals surface area contributed by atoms with E-state index in [1.807, 2.05) is 31.2 Å². The number of carbonyl (C=O) groups excluding carboxylic acids is 1. The van der Waals surface area contributed by atoms with Gasteiger partial charge in [-0.25, -0.2) is 9.79 Å². The number of hydrogen-bond donors (Lipinski definition) is 0. The van der Waals surface area contributed by atoms with Crippen LogP contribution in [0.3, 0.4) is 0 Å². The lowest BCUT2D eigenvalue weighted by Gasteiger charge is -2.09. The van der Waals surface area contributed by atoms with Crippen molar-refractivity contribution in [3.8, 4) is 5.75 Å². The first kappa shape index (κ1) is 12.5. The third kappa shape index (κ3) is 3.87. The van der Waals surface area contributed by atoms with Gasteiger partial charge in [0.1, 0.15) is 5.75 Å². The highest BCUT2D eigenvalue weighted by Crippen LogP contribution is 2.19. The summed E-state index contributed by atoms with van der Waals surface area (Å²) in [7, 11) is 0. The van der Waals surface area contributed by atoms with E-state index >= 15 is 0 Å². The quantitative estimate of drug-likeness (QED) is 0.545. The summed E-state index contributed by atoms with van der Waals surface area (Å²) in [5, 5.41) is 0. The van der Waals surface area contributed by atoms with Crippen molar-refractivity contribution in [1.29, 1.82) is 0 Å². The van der Waals surface area contributed by atoms with Gasteiger partial charge in [-0.2, -0.15) is 0 Å². The Morgan fingerprint density at radius 2 is 2.06 bits per heavy atom. The number of ether oxygens (including phenoxy) is 1. The summed E-state index contributed by atoms with van der Waals surface area (Å²) in [5.74, 6) is 1.12. The molecule has 1 unspecified atom stereocenters. The highest BCUT2D eigenvalue weighted by atomic mass is 16.5. The monoisotopic (exact) mass is 219 g/mol. The molecule has 1 atom stereocenters. The van der Waals surface area contributed by atoms with Crippen LogP contribution in [-0.2, 0) is 4.79 Å². The maximum absolute atomic E-state index is 10.0. The zero-order chi connectivity index (χ0) is 11.8. The highest BCUT2D eigenvalue weighted by molar-refractivity contribution is 5.34. The lowest BCUT2D eigenvalue weighted by molar-refractivity contribution is 0.317. The van der Waals surface area contributed by atoms with E-state index in [0.717, 1.165) is 24.3 Å². The Hall–Kier alpha value is -1.60. The minimum atomic E-state index is 0.238. The minimum Gasteiger partial charge on any atom is -0.494 e. The minimum absolute atomic E-state index is 0.238. The molecule has 0 bridgehead atoms. The van der Waals surface area contributed by atoms with E-state index in [2.05, 4.69) is 11.9 Å². The molecular weight excluding hydrogens is 202 g/mol. The summed E-state index contributed by atoms with van der Waals surface area (Å²) >= 11 is 0. The van der Waals surface area contributed by atoms with E-state index in [1.165, 1.54) is 0 Å². The van der Waals surface area contributed by atoms with E-state index in [4.69, 9.17) is 4.74 Å². The van der Waals surface area contributed by atoms with Gasteiger partial charge >= 0.3 is 0 Å². The molecule has 0 aromatic heterocycles. The van der Waals surface area contributed by atoms with Crippen LogP contribution in [-0.4, -0.2) is 19.2 Å². The van der Waals surface area contributed by atoms with E-state index < -0.39 is 0 Å². The molecule has 0 radical (unpaired) electrons. The van der Waals surface area contributed by atoms with Gasteiger partial charge in [-0.1, -0.05) is 26.0 Å². The van der Waals surface area contributed by atoms with Crippen LogP contribution < -0.4 is 4.74 Å². The normalized spacial score (nSPS) is 11.6. The lowest BCUT2D eigenvalue weighted by Crippen LogP contribution is -1.99. The maximum atomic E-state index is 10.0. The average Bonchev–Trinajstić information content (AvgIpc) is 2.34. The second kappa shape index (κ2) is 6.81. The summed E-state index contributed by atoms with van der Waals surface area (Å²) in [6.07, 6.45) is 2.56. The fraction of sp³-hybridized carbons (Fsp3) is 0.462. The van der Waals surface area contributed by atoms with Crippen LogP contribution in [0.5, 0.6) is 5.75 Å². The van der Waals surface area contributed by atoms with Gasteiger partial charge in [0.15, 0.2) is 0 Å². The third-order valence-electron chi connectivity index (χ3n) is 2.35. The van der Waals surface area contributed by atoms with Gasteiger partial charge in [-0.3, -0.25) is 0 Å². The third-order valence-corrected chi connectivity index (χ3v) is 2.35. The van der Waals surface area contributed by atoms with Crippen molar-refractivity contribution in [2.75, 3.05) is 13.2 Å². The highest BCUT2D eigenvalue weighted by Gasteiger charge is 2.04. The van der Waals surface area contributed by atoms with Gasteiger partial charge in [0, 0.05) is 5.92 Å². The number of aliphatic imine (C=N–C) groups is 1. The molecule has 3 heteroatoms. The van der Waals surface area contributed by atoms with E-state index in [0.29, 0.717) is 6.54 Å². The standard InChI is InChI=1S/C13H17NO2/c1-3-8-16-13-6-4-12(5-7-13)11(2)9-14-10-15/h4-7,11H,3,8-9H2,1-2H3. The summed E-state index contributed by atoms with van der Waals surface area (Å²) in [5.41, 5.74) is 1.16. The van der Waals surface area contributed by atoms with Crippen LogP contribution in [0.2, 0.25) is 0 Å². The predicted octanol–water partition coefficient (Wildman–Crippen LogP) is 2.91. The van der Waals surface area contributed by atoms with Crippen molar-refractivity contribution < 1.29 is 9.53 Å². The van der Waals surface area contributed by atoms with Crippen LogP contribution >= 0.6 is 0 Å². The van der Waals surface area contributed by atoms with Gasteiger partial charge in [-0.15, -0.1) is 0 Å². The van der Waals surface area contributed by atoms with Crippen molar-refractivity contribution in [3.63, 3.8) is 0 Å². The number of hydrogen-bond acceptors (Lipinski definition) is 3. The Balaban J connectivity index is 2.59. The van der Waals surface area contributed by atoms with Crippen molar-refractivity contribution in [3.05, 3.63) is 29.8 Å². The van der Waals surface area contributed by atoms with Gasteiger partial charge in [-0.05, 0) is 24.1 Å². The number of benzene rings is 1. The Kier molecular flexibility index (Phi) is 5.30. The summed E-state index contributed by atoms with van der Waals surface area (Å²) < 4.78 is 5.49. The first-order chi connectivity index (χ1) is 7.77. The van der Waals surface area contributed by atoms with Crippen molar-refractivity contribution in [1.82, 2.24) is 0 Å². The molecule has 0 saturated carbocycles. The Bertz CT molecular complexity index is 353. The first-order valence-electron chi connectivity index (χ1n) is 5.54. The molecule has 1 rings (SSSR count). The molecule has 0 heterocycles. The average molecular weight is 219 g/mol. The fourth-order valence-corrected chi connectivity index (χ4v) is 1.39. The Morgan fingerprint density at radius 1 is 1.38 bits per heavy atom. The molecule has 0 amide bonds. The Labute approximate surface area is 96.2 Å². The van der Waals surface area contributed by atoms with E-state index in [9.17, 15) is 4.79 Å². The zero-order valence-corrected chi connectivity index (χ0v) is 9.77. The van der Waals surface area contributed by atoms with Gasteiger partial charge < -0.3 is 4.74 Å². The molecular formula is C13H17NO2. The summed E-state index contributed by atoms with van der Waals surface area (Å²) in [4.78, 5) is 13.6. The topological polar surface area (TPSA) is 38.7 Å². The molecule has 0 aliphatic carbocycles. The summed E-state index contributed by atoms with van der Waals surface area (Å²) in [6.45, 7) is 5.33. The second-order valence-electron chi connectivity index (χ2n) is 3.75. The SMILES string of the molecule is CCCOc1ccc(C(C)CN=C=O)cc1. The van der Waals surface area contributed by atoms with Crippen molar-refractivity contribution in [2.45, 2.75) is 26.2 Å². The van der Waals surface area contributed by atoms with Gasteiger partial charge in [0.05, 0.1) is 13.2 Å². The lowest BCUT2D eigenvalue weighted by atomic mass is 10.0. The first-order valence-corrected chi connectivity index (χ1v) is 5.54. The largest absolute Gasteiger partial charge is 0.494 e. The molecule has 0 spiro atoms. The molecule has 16 heavy (non-hydrogen) atoms. The van der Waals surface area contributed by atoms with Gasteiger partial charge in [0.25, 0.3) is 0 Å². The predicted molar refractivity (Wildman–Crippen MR) is 63.6 cm³/mol. The van der Waals surface area contributed by atoms with Crippen LogP contribution in [0.15, 0.2) is 29.3 Å². The molecule has 0 aliphatic heterocycles. The van der Waals surface area contributed by atoms with Crippen molar-refractivity contribution >= 4 is 6.08 Å². The molecule has 0 fully saturated rings. The molecule has 0 N–H and O–H groups in total. The number of nitrogens with zero attached hydrogens (tertiary/aromatic N) is 1. The number of isocyanates is 1. The van der Waals surface area contributed by atoms with E-state index in [-0.39, 0.29) is 5.92 Å². The van der Waals surface area contributed by atoms with Crippen LogP contribution in [0.4, 0.5) is 0 Å². The van der Waals surface area contributed by atoms with Crippen LogP contribution in [0, 0.1) is 0 Å². The fourth-order valence-electron chi connectivity index (χ4n) is 1.39.